The van der Waals surface area contributed by atoms with Gasteiger partial charge >= 0.3 is 0 Å². The van der Waals surface area contributed by atoms with E-state index >= 15 is 0 Å². The zero-order valence-corrected chi connectivity index (χ0v) is 12.6. The molecule has 1 heterocycles. The van der Waals surface area contributed by atoms with Crippen molar-refractivity contribution >= 4 is 28.9 Å². The molecule has 0 radical (unpaired) electrons. The molecular weight excluding hydrogens is 272 g/mol. The van der Waals surface area contributed by atoms with Crippen LogP contribution in [0, 0.1) is 5.92 Å². The van der Waals surface area contributed by atoms with Crippen LogP contribution in [-0.4, -0.2) is 21.9 Å². The van der Waals surface area contributed by atoms with Crippen LogP contribution in [0.25, 0.3) is 0 Å². The van der Waals surface area contributed by atoms with E-state index < -0.39 is 11.9 Å². The summed E-state index contributed by atoms with van der Waals surface area (Å²) in [5.74, 6) is 0.216. The standard InChI is InChI=1S/C14H20N4OS/c1-7(2)11(12(15)19)18-14-9(13(16)20)6-8-4-3-5-10(8)17-14/h6-7,11H,3-5H2,1-2H3,(H2,15,19)(H2,16,20)(H,17,18). The molecular formula is C14H20N4OS. The molecule has 5 N–H and O–H groups in total. The zero-order chi connectivity index (χ0) is 14.9. The molecule has 6 heteroatoms. The maximum absolute atomic E-state index is 11.5. The van der Waals surface area contributed by atoms with Crippen LogP contribution in [-0.2, 0) is 17.6 Å². The van der Waals surface area contributed by atoms with Gasteiger partial charge in [0.05, 0.1) is 5.56 Å². The van der Waals surface area contributed by atoms with Crippen molar-refractivity contribution in [2.24, 2.45) is 17.4 Å². The fourth-order valence-corrected chi connectivity index (χ4v) is 2.64. The Morgan fingerprint density at radius 2 is 2.10 bits per heavy atom. The van der Waals surface area contributed by atoms with Crippen molar-refractivity contribution in [3.05, 3.63) is 22.9 Å². The molecule has 1 unspecified atom stereocenters. The first-order valence-corrected chi connectivity index (χ1v) is 7.19. The number of anilines is 1. The number of thiocarbonyl (C=S) groups is 1. The molecule has 0 bridgehead atoms. The molecule has 0 aliphatic heterocycles. The van der Waals surface area contributed by atoms with E-state index in [9.17, 15) is 4.79 Å². The summed E-state index contributed by atoms with van der Waals surface area (Å²) in [5.41, 5.74) is 14.1. The third-order valence-electron chi connectivity index (χ3n) is 3.58. The predicted molar refractivity (Wildman–Crippen MR) is 83.6 cm³/mol. The number of hydrogen-bond donors (Lipinski definition) is 3. The second kappa shape index (κ2) is 5.75. The van der Waals surface area contributed by atoms with E-state index in [1.54, 1.807) is 0 Å². The molecule has 0 spiro atoms. The van der Waals surface area contributed by atoms with E-state index in [1.165, 1.54) is 5.56 Å². The molecule has 5 nitrogen and oxygen atoms in total. The number of hydrogen-bond acceptors (Lipinski definition) is 4. The summed E-state index contributed by atoms with van der Waals surface area (Å²) >= 11 is 5.09. The molecule has 0 aromatic carbocycles. The Morgan fingerprint density at radius 1 is 1.40 bits per heavy atom. The highest BCUT2D eigenvalue weighted by Gasteiger charge is 2.23. The number of nitrogens with one attached hydrogen (secondary N) is 1. The Morgan fingerprint density at radius 3 is 2.65 bits per heavy atom. The smallest absolute Gasteiger partial charge is 0.240 e. The van der Waals surface area contributed by atoms with Crippen molar-refractivity contribution in [1.29, 1.82) is 0 Å². The third kappa shape index (κ3) is 2.90. The fraction of sp³-hybridized carbons (Fsp3) is 0.500. The van der Waals surface area contributed by atoms with Gasteiger partial charge in [0.2, 0.25) is 5.91 Å². The van der Waals surface area contributed by atoms with E-state index in [2.05, 4.69) is 10.3 Å². The monoisotopic (exact) mass is 292 g/mol. The Labute approximate surface area is 124 Å². The molecule has 0 saturated heterocycles. The Hall–Kier alpha value is -1.69. The topological polar surface area (TPSA) is 94.0 Å². The second-order valence-corrected chi connectivity index (χ2v) is 5.92. The van der Waals surface area contributed by atoms with Gasteiger partial charge in [-0.15, -0.1) is 0 Å². The van der Waals surface area contributed by atoms with Gasteiger partial charge < -0.3 is 16.8 Å². The highest BCUT2D eigenvalue weighted by Crippen LogP contribution is 2.26. The molecule has 1 amide bonds. The normalized spacial score (nSPS) is 14.9. The maximum Gasteiger partial charge on any atom is 0.240 e. The van der Waals surface area contributed by atoms with Crippen LogP contribution in [0.4, 0.5) is 5.82 Å². The lowest BCUT2D eigenvalue weighted by Gasteiger charge is -2.21. The average Bonchev–Trinajstić information content (AvgIpc) is 2.80. The van der Waals surface area contributed by atoms with Crippen molar-refractivity contribution in [2.75, 3.05) is 5.32 Å². The van der Waals surface area contributed by atoms with Gasteiger partial charge in [-0.1, -0.05) is 26.1 Å². The highest BCUT2D eigenvalue weighted by atomic mass is 32.1. The molecule has 0 saturated carbocycles. The molecule has 1 aliphatic carbocycles. The molecule has 108 valence electrons. The molecule has 20 heavy (non-hydrogen) atoms. The lowest BCUT2D eigenvalue weighted by molar-refractivity contribution is -0.119. The van der Waals surface area contributed by atoms with Crippen molar-refractivity contribution in [2.45, 2.75) is 39.2 Å². The van der Waals surface area contributed by atoms with E-state index in [-0.39, 0.29) is 10.9 Å². The van der Waals surface area contributed by atoms with E-state index in [0.29, 0.717) is 11.4 Å². The minimum atomic E-state index is -0.491. The van der Waals surface area contributed by atoms with Gasteiger partial charge in [0.25, 0.3) is 0 Å². The maximum atomic E-state index is 11.5. The summed E-state index contributed by atoms with van der Waals surface area (Å²) in [6.07, 6.45) is 3.04. The van der Waals surface area contributed by atoms with Gasteiger partial charge in [-0.2, -0.15) is 0 Å². The number of fused-ring (bicyclic) bond motifs is 1. The van der Waals surface area contributed by atoms with Crippen molar-refractivity contribution < 1.29 is 4.79 Å². The Balaban J connectivity index is 2.39. The SMILES string of the molecule is CC(C)C(Nc1nc2c(cc1C(N)=S)CCC2)C(N)=O. The third-order valence-corrected chi connectivity index (χ3v) is 3.80. The van der Waals surface area contributed by atoms with Gasteiger partial charge in [0.1, 0.15) is 16.8 Å². The van der Waals surface area contributed by atoms with Crippen LogP contribution in [0.1, 0.15) is 37.1 Å². The van der Waals surface area contributed by atoms with Gasteiger partial charge in [-0.05, 0) is 36.8 Å². The number of nitrogens with two attached hydrogens (primary N) is 2. The highest BCUT2D eigenvalue weighted by molar-refractivity contribution is 7.80. The summed E-state index contributed by atoms with van der Waals surface area (Å²) < 4.78 is 0. The first kappa shape index (κ1) is 14.7. The summed E-state index contributed by atoms with van der Waals surface area (Å²) in [7, 11) is 0. The van der Waals surface area contributed by atoms with E-state index in [1.807, 2.05) is 19.9 Å². The minimum Gasteiger partial charge on any atom is -0.389 e. The number of primary amides is 1. The van der Waals surface area contributed by atoms with Gasteiger partial charge in [0, 0.05) is 5.69 Å². The number of carbonyl (C=O) groups excluding carboxylic acids is 1. The van der Waals surface area contributed by atoms with E-state index in [4.69, 9.17) is 23.7 Å². The molecule has 1 aliphatic rings. The molecule has 1 aromatic rings. The average molecular weight is 292 g/mol. The van der Waals surface area contributed by atoms with Crippen LogP contribution in [0.2, 0.25) is 0 Å². The lowest BCUT2D eigenvalue weighted by atomic mass is 10.0. The van der Waals surface area contributed by atoms with Crippen molar-refractivity contribution in [3.8, 4) is 0 Å². The van der Waals surface area contributed by atoms with Crippen LogP contribution in [0.15, 0.2) is 6.07 Å². The fourth-order valence-electron chi connectivity index (χ4n) is 2.48. The number of rotatable bonds is 5. The summed E-state index contributed by atoms with van der Waals surface area (Å²) in [4.78, 5) is 16.4. The Kier molecular flexibility index (Phi) is 4.23. The minimum absolute atomic E-state index is 0.0572. The van der Waals surface area contributed by atoms with Gasteiger partial charge in [0.15, 0.2) is 0 Å². The van der Waals surface area contributed by atoms with Gasteiger partial charge in [-0.3, -0.25) is 4.79 Å². The quantitative estimate of drug-likeness (QED) is 0.707. The lowest BCUT2D eigenvalue weighted by Crippen LogP contribution is -2.40. The van der Waals surface area contributed by atoms with Crippen LogP contribution < -0.4 is 16.8 Å². The zero-order valence-electron chi connectivity index (χ0n) is 11.8. The largest absolute Gasteiger partial charge is 0.389 e. The van der Waals surface area contributed by atoms with Crippen LogP contribution in [0.5, 0.6) is 0 Å². The second-order valence-electron chi connectivity index (χ2n) is 5.48. The first-order valence-electron chi connectivity index (χ1n) is 6.78. The molecule has 1 aromatic heterocycles. The van der Waals surface area contributed by atoms with Gasteiger partial charge in [-0.25, -0.2) is 4.98 Å². The Bertz CT molecular complexity index is 556. The molecule has 0 fully saturated rings. The van der Waals surface area contributed by atoms with E-state index in [0.717, 1.165) is 25.0 Å². The number of pyridine rings is 1. The number of amides is 1. The summed E-state index contributed by atoms with van der Waals surface area (Å²) in [6, 6.07) is 1.49. The summed E-state index contributed by atoms with van der Waals surface area (Å²) in [5, 5.41) is 3.10. The van der Waals surface area contributed by atoms with Crippen molar-refractivity contribution in [3.63, 3.8) is 0 Å². The summed E-state index contributed by atoms with van der Waals surface area (Å²) in [6.45, 7) is 3.85. The number of aromatic nitrogens is 1. The number of nitrogens with zero attached hydrogens (tertiary/aromatic N) is 1. The predicted octanol–water partition coefficient (Wildman–Crippen LogP) is 1.13. The van der Waals surface area contributed by atoms with Crippen LogP contribution in [0.3, 0.4) is 0 Å². The number of aryl methyl sites for hydroxylation is 2. The molecule has 2 rings (SSSR count). The van der Waals surface area contributed by atoms with Crippen molar-refractivity contribution in [1.82, 2.24) is 4.98 Å². The molecule has 1 atom stereocenters. The first-order chi connectivity index (χ1) is 9.40. The van der Waals surface area contributed by atoms with Crippen LogP contribution >= 0.6 is 12.2 Å². The number of carbonyl (C=O) groups is 1.